The molecular formula is C16H20O6. The number of ketones is 1. The van der Waals surface area contributed by atoms with Crippen molar-refractivity contribution in [2.24, 2.45) is 0 Å². The molecule has 1 aromatic carbocycles. The summed E-state index contributed by atoms with van der Waals surface area (Å²) in [5.41, 5.74) is -1.30. The highest BCUT2D eigenvalue weighted by molar-refractivity contribution is 5.94. The predicted octanol–water partition coefficient (Wildman–Crippen LogP) is 1.31. The molecule has 2 rings (SSSR count). The second-order valence-electron chi connectivity index (χ2n) is 5.27. The molecule has 0 saturated carbocycles. The van der Waals surface area contributed by atoms with Crippen molar-refractivity contribution in [3.05, 3.63) is 35.9 Å². The molecule has 1 N–H and O–H groups in total. The highest BCUT2D eigenvalue weighted by Crippen LogP contribution is 2.30. The number of rotatable bonds is 5. The first-order chi connectivity index (χ1) is 10.5. The fourth-order valence-corrected chi connectivity index (χ4v) is 2.40. The van der Waals surface area contributed by atoms with Crippen LogP contribution in [0.1, 0.15) is 30.1 Å². The number of methoxy groups -OCH3 is 1. The molecule has 1 aliphatic heterocycles. The fourth-order valence-electron chi connectivity index (χ4n) is 2.40. The van der Waals surface area contributed by atoms with E-state index in [1.165, 1.54) is 7.11 Å². The molecule has 6 heteroatoms. The monoisotopic (exact) mass is 308 g/mol. The third kappa shape index (κ3) is 3.52. The van der Waals surface area contributed by atoms with E-state index in [-0.39, 0.29) is 6.42 Å². The van der Waals surface area contributed by atoms with Gasteiger partial charge in [0.2, 0.25) is 5.78 Å². The van der Waals surface area contributed by atoms with E-state index in [2.05, 4.69) is 0 Å². The molecule has 0 unspecified atom stereocenters. The molecule has 6 nitrogen and oxygen atoms in total. The summed E-state index contributed by atoms with van der Waals surface area (Å²) in [7, 11) is 1.51. The number of Topliss-reactive ketones (excluding diaryl/α,β-unsaturated/α-hetero) is 1. The number of ether oxygens (including phenoxy) is 3. The van der Waals surface area contributed by atoms with Crippen molar-refractivity contribution in [2.75, 3.05) is 13.7 Å². The molecule has 1 fully saturated rings. The van der Waals surface area contributed by atoms with Crippen molar-refractivity contribution in [1.29, 1.82) is 0 Å². The lowest BCUT2D eigenvalue weighted by atomic mass is 9.85. The Bertz CT molecular complexity index is 529. The SMILES string of the molecule is CO[C@@H]1CC[C@](O)(C(=O)COC(=O)c2ccccc2)[C@@H](C)O1. The van der Waals surface area contributed by atoms with E-state index in [1.807, 2.05) is 0 Å². The number of aliphatic hydroxyl groups is 1. The fraction of sp³-hybridized carbons (Fsp3) is 0.500. The summed E-state index contributed by atoms with van der Waals surface area (Å²) in [6.45, 7) is 1.11. The van der Waals surface area contributed by atoms with Gasteiger partial charge < -0.3 is 19.3 Å². The molecule has 22 heavy (non-hydrogen) atoms. The van der Waals surface area contributed by atoms with Gasteiger partial charge in [0.25, 0.3) is 0 Å². The Balaban J connectivity index is 1.93. The summed E-state index contributed by atoms with van der Waals surface area (Å²) < 4.78 is 15.5. The molecule has 0 radical (unpaired) electrons. The summed E-state index contributed by atoms with van der Waals surface area (Å²) in [5, 5.41) is 10.5. The van der Waals surface area contributed by atoms with Crippen molar-refractivity contribution in [2.45, 2.75) is 37.8 Å². The summed E-state index contributed by atoms with van der Waals surface area (Å²) in [5.74, 6) is -1.17. The second kappa shape index (κ2) is 7.00. The third-order valence-electron chi connectivity index (χ3n) is 3.88. The molecule has 1 saturated heterocycles. The van der Waals surface area contributed by atoms with Crippen LogP contribution in [-0.2, 0) is 19.0 Å². The summed E-state index contributed by atoms with van der Waals surface area (Å²) in [6, 6.07) is 8.37. The first-order valence-electron chi connectivity index (χ1n) is 7.13. The Kier molecular flexibility index (Phi) is 5.28. The van der Waals surface area contributed by atoms with E-state index in [4.69, 9.17) is 14.2 Å². The van der Waals surface area contributed by atoms with Crippen LogP contribution in [0.3, 0.4) is 0 Å². The molecule has 120 valence electrons. The molecule has 1 aromatic rings. The number of hydrogen-bond donors (Lipinski definition) is 1. The first-order valence-corrected chi connectivity index (χ1v) is 7.13. The minimum atomic E-state index is -1.66. The van der Waals surface area contributed by atoms with Crippen molar-refractivity contribution < 1.29 is 28.9 Å². The van der Waals surface area contributed by atoms with Crippen LogP contribution in [0.25, 0.3) is 0 Å². The van der Waals surface area contributed by atoms with Crippen molar-refractivity contribution >= 4 is 11.8 Å². The zero-order valence-corrected chi connectivity index (χ0v) is 12.7. The van der Waals surface area contributed by atoms with E-state index in [0.717, 1.165) is 0 Å². The number of carbonyl (C=O) groups excluding carboxylic acids is 2. The Hall–Kier alpha value is -1.76. The van der Waals surface area contributed by atoms with Crippen molar-refractivity contribution in [3.63, 3.8) is 0 Å². The summed E-state index contributed by atoms with van der Waals surface area (Å²) in [6.07, 6.45) is -0.562. The lowest BCUT2D eigenvalue weighted by Crippen LogP contribution is -2.55. The van der Waals surface area contributed by atoms with Crippen molar-refractivity contribution in [3.8, 4) is 0 Å². The van der Waals surface area contributed by atoms with Crippen molar-refractivity contribution in [1.82, 2.24) is 0 Å². The number of hydrogen-bond acceptors (Lipinski definition) is 6. The third-order valence-corrected chi connectivity index (χ3v) is 3.88. The van der Waals surface area contributed by atoms with Crippen LogP contribution < -0.4 is 0 Å². The average Bonchev–Trinajstić information content (AvgIpc) is 2.55. The predicted molar refractivity (Wildman–Crippen MR) is 77.3 cm³/mol. The van der Waals surface area contributed by atoms with Crippen LogP contribution in [-0.4, -0.2) is 48.6 Å². The van der Waals surface area contributed by atoms with Gasteiger partial charge in [0.05, 0.1) is 11.7 Å². The van der Waals surface area contributed by atoms with E-state index in [9.17, 15) is 14.7 Å². The average molecular weight is 308 g/mol. The van der Waals surface area contributed by atoms with Gasteiger partial charge in [-0.2, -0.15) is 0 Å². The van der Waals surface area contributed by atoms with Gasteiger partial charge in [0.1, 0.15) is 0 Å². The zero-order valence-electron chi connectivity index (χ0n) is 12.7. The topological polar surface area (TPSA) is 82.1 Å². The molecule has 1 aliphatic rings. The molecule has 0 aromatic heterocycles. The van der Waals surface area contributed by atoms with Crippen LogP contribution in [0.5, 0.6) is 0 Å². The molecular weight excluding hydrogens is 288 g/mol. The zero-order chi connectivity index (χ0) is 16.2. The van der Waals surface area contributed by atoms with Crippen LogP contribution in [0.2, 0.25) is 0 Å². The maximum Gasteiger partial charge on any atom is 0.338 e. The lowest BCUT2D eigenvalue weighted by Gasteiger charge is -2.39. The molecule has 1 heterocycles. The smallest absolute Gasteiger partial charge is 0.338 e. The van der Waals surface area contributed by atoms with E-state index in [0.29, 0.717) is 12.0 Å². The van der Waals surface area contributed by atoms with Crippen LogP contribution >= 0.6 is 0 Å². The highest BCUT2D eigenvalue weighted by Gasteiger charge is 2.46. The highest BCUT2D eigenvalue weighted by atomic mass is 16.7. The lowest BCUT2D eigenvalue weighted by molar-refractivity contribution is -0.235. The molecule has 0 aliphatic carbocycles. The van der Waals surface area contributed by atoms with Crippen LogP contribution in [0, 0.1) is 0 Å². The normalized spacial score (nSPS) is 28.1. The summed E-state index contributed by atoms with van der Waals surface area (Å²) in [4.78, 5) is 24.0. The van der Waals surface area contributed by atoms with Gasteiger partial charge in [-0.05, 0) is 25.5 Å². The Labute approximate surface area is 129 Å². The number of benzene rings is 1. The van der Waals surface area contributed by atoms with Gasteiger partial charge in [-0.1, -0.05) is 18.2 Å². The van der Waals surface area contributed by atoms with E-state index < -0.39 is 36.4 Å². The first kappa shape index (κ1) is 16.6. The Morgan fingerprint density at radius 2 is 2.05 bits per heavy atom. The van der Waals surface area contributed by atoms with E-state index >= 15 is 0 Å². The molecule has 3 atom stereocenters. The standard InChI is InChI=1S/C16H20O6/c1-11-16(19,9-8-14(20-2)22-11)13(17)10-21-15(18)12-6-4-3-5-7-12/h3-7,11,14,19H,8-10H2,1-2H3/t11-,14+,16-/m1/s1. The quantitative estimate of drug-likeness (QED) is 0.826. The van der Waals surface area contributed by atoms with Gasteiger partial charge >= 0.3 is 5.97 Å². The van der Waals surface area contributed by atoms with Crippen LogP contribution in [0.15, 0.2) is 30.3 Å². The van der Waals surface area contributed by atoms with E-state index in [1.54, 1.807) is 37.3 Å². The Morgan fingerprint density at radius 3 is 2.64 bits per heavy atom. The second-order valence-corrected chi connectivity index (χ2v) is 5.27. The van der Waals surface area contributed by atoms with Gasteiger partial charge in [-0.15, -0.1) is 0 Å². The number of carbonyl (C=O) groups is 2. The Morgan fingerprint density at radius 1 is 1.36 bits per heavy atom. The van der Waals surface area contributed by atoms with Crippen LogP contribution in [0.4, 0.5) is 0 Å². The minimum Gasteiger partial charge on any atom is -0.454 e. The summed E-state index contributed by atoms with van der Waals surface area (Å²) >= 11 is 0. The minimum absolute atomic E-state index is 0.203. The largest absolute Gasteiger partial charge is 0.454 e. The van der Waals surface area contributed by atoms with Gasteiger partial charge in [-0.25, -0.2) is 4.79 Å². The van der Waals surface area contributed by atoms with Gasteiger partial charge in [-0.3, -0.25) is 4.79 Å². The molecule has 0 spiro atoms. The number of esters is 1. The maximum absolute atomic E-state index is 12.2. The van der Waals surface area contributed by atoms with Gasteiger partial charge in [0.15, 0.2) is 18.5 Å². The maximum atomic E-state index is 12.2. The van der Waals surface area contributed by atoms with Gasteiger partial charge in [0, 0.05) is 13.5 Å². The molecule has 0 amide bonds. The molecule has 0 bridgehead atoms.